The van der Waals surface area contributed by atoms with Crippen LogP contribution in [-0.4, -0.2) is 34.4 Å². The topological polar surface area (TPSA) is 75.7 Å². The first-order chi connectivity index (χ1) is 11.7. The standard InChI is InChI=1S/C17H19N5O2/c1-20(14-8-3-2-4-9-14)12-7-11-18-16-17(22(23)24)21-13-6-5-10-15(21)19-16/h2-6,8-10,13,18H,7,11-12H2,1H3. The van der Waals surface area contributed by atoms with Crippen molar-refractivity contribution in [2.24, 2.45) is 0 Å². The average Bonchev–Trinajstić information content (AvgIpc) is 2.97. The normalized spacial score (nSPS) is 10.7. The van der Waals surface area contributed by atoms with Crippen molar-refractivity contribution in [3.05, 3.63) is 64.8 Å². The molecule has 0 aliphatic rings. The Labute approximate surface area is 139 Å². The van der Waals surface area contributed by atoms with E-state index in [1.54, 1.807) is 18.3 Å². The Kier molecular flexibility index (Phi) is 4.60. The van der Waals surface area contributed by atoms with Crippen LogP contribution in [0.2, 0.25) is 0 Å². The molecule has 2 aromatic heterocycles. The maximum atomic E-state index is 11.3. The van der Waals surface area contributed by atoms with E-state index in [1.165, 1.54) is 4.40 Å². The van der Waals surface area contributed by atoms with Gasteiger partial charge < -0.3 is 20.3 Å². The molecule has 0 saturated carbocycles. The van der Waals surface area contributed by atoms with Crippen molar-refractivity contribution >= 4 is 23.0 Å². The second-order valence-corrected chi connectivity index (χ2v) is 5.51. The summed E-state index contributed by atoms with van der Waals surface area (Å²) < 4.78 is 1.48. The fourth-order valence-corrected chi connectivity index (χ4v) is 2.61. The van der Waals surface area contributed by atoms with Crippen molar-refractivity contribution in [2.75, 3.05) is 30.4 Å². The Morgan fingerprint density at radius 3 is 2.71 bits per heavy atom. The molecule has 124 valence electrons. The molecule has 0 aliphatic carbocycles. The van der Waals surface area contributed by atoms with E-state index in [4.69, 9.17) is 0 Å². The highest BCUT2D eigenvalue weighted by atomic mass is 16.6. The summed E-state index contributed by atoms with van der Waals surface area (Å²) in [6.07, 6.45) is 2.49. The Morgan fingerprint density at radius 1 is 1.21 bits per heavy atom. The Morgan fingerprint density at radius 2 is 1.96 bits per heavy atom. The van der Waals surface area contributed by atoms with Gasteiger partial charge in [-0.15, -0.1) is 0 Å². The summed E-state index contributed by atoms with van der Waals surface area (Å²) in [4.78, 5) is 17.4. The fourth-order valence-electron chi connectivity index (χ4n) is 2.61. The summed E-state index contributed by atoms with van der Waals surface area (Å²) in [5, 5.41) is 14.4. The Balaban J connectivity index is 1.62. The minimum absolute atomic E-state index is 0.0259. The minimum Gasteiger partial charge on any atom is -0.375 e. The number of benzene rings is 1. The molecule has 3 rings (SSSR count). The summed E-state index contributed by atoms with van der Waals surface area (Å²) in [7, 11) is 2.03. The second kappa shape index (κ2) is 6.99. The van der Waals surface area contributed by atoms with Crippen LogP contribution < -0.4 is 10.2 Å². The summed E-state index contributed by atoms with van der Waals surface area (Å²) in [6.45, 7) is 1.46. The summed E-state index contributed by atoms with van der Waals surface area (Å²) in [6, 6.07) is 15.4. The first-order valence-electron chi connectivity index (χ1n) is 7.78. The molecule has 0 aliphatic heterocycles. The van der Waals surface area contributed by atoms with Gasteiger partial charge in [-0.05, 0) is 29.5 Å². The smallest absolute Gasteiger partial charge is 0.372 e. The van der Waals surface area contributed by atoms with Gasteiger partial charge in [0.15, 0.2) is 0 Å². The van der Waals surface area contributed by atoms with Crippen molar-refractivity contribution < 1.29 is 4.92 Å². The van der Waals surface area contributed by atoms with Crippen LogP contribution in [0.25, 0.3) is 5.65 Å². The minimum atomic E-state index is -0.404. The molecule has 0 atom stereocenters. The zero-order valence-electron chi connectivity index (χ0n) is 13.4. The number of imidazole rings is 1. The van der Waals surface area contributed by atoms with Gasteiger partial charge in [0.05, 0.1) is 6.20 Å². The largest absolute Gasteiger partial charge is 0.375 e. The molecule has 2 heterocycles. The number of anilines is 2. The molecular weight excluding hydrogens is 306 g/mol. The summed E-state index contributed by atoms with van der Waals surface area (Å²) in [5.74, 6) is 0.288. The van der Waals surface area contributed by atoms with Crippen molar-refractivity contribution in [3.63, 3.8) is 0 Å². The molecule has 0 unspecified atom stereocenters. The van der Waals surface area contributed by atoms with Gasteiger partial charge >= 0.3 is 5.82 Å². The molecule has 7 nitrogen and oxygen atoms in total. The van der Waals surface area contributed by atoms with E-state index in [0.717, 1.165) is 18.7 Å². The first kappa shape index (κ1) is 15.8. The number of nitrogens with one attached hydrogen (secondary N) is 1. The van der Waals surface area contributed by atoms with E-state index in [9.17, 15) is 10.1 Å². The number of para-hydroxylation sites is 1. The molecule has 0 amide bonds. The van der Waals surface area contributed by atoms with E-state index < -0.39 is 4.92 Å². The van der Waals surface area contributed by atoms with Crippen molar-refractivity contribution in [1.82, 2.24) is 9.38 Å². The Bertz CT molecular complexity index is 831. The van der Waals surface area contributed by atoms with Crippen LogP contribution in [0.5, 0.6) is 0 Å². The van der Waals surface area contributed by atoms with Crippen LogP contribution in [0.1, 0.15) is 6.42 Å². The highest BCUT2D eigenvalue weighted by Gasteiger charge is 2.21. The van der Waals surface area contributed by atoms with Crippen LogP contribution in [0.15, 0.2) is 54.7 Å². The van der Waals surface area contributed by atoms with Gasteiger partial charge in [-0.2, -0.15) is 9.38 Å². The lowest BCUT2D eigenvalue weighted by Crippen LogP contribution is -2.20. The molecule has 0 radical (unpaired) electrons. The lowest BCUT2D eigenvalue weighted by Gasteiger charge is -2.19. The number of rotatable bonds is 7. The van der Waals surface area contributed by atoms with Crippen LogP contribution >= 0.6 is 0 Å². The van der Waals surface area contributed by atoms with E-state index in [-0.39, 0.29) is 5.82 Å². The Hall–Kier alpha value is -3.09. The first-order valence-corrected chi connectivity index (χ1v) is 7.78. The summed E-state index contributed by atoms with van der Waals surface area (Å²) in [5.41, 5.74) is 1.71. The number of aromatic nitrogens is 2. The van der Waals surface area contributed by atoms with E-state index in [1.807, 2.05) is 31.3 Å². The number of pyridine rings is 1. The van der Waals surface area contributed by atoms with Crippen LogP contribution in [-0.2, 0) is 0 Å². The van der Waals surface area contributed by atoms with Gasteiger partial charge in [0.25, 0.3) is 0 Å². The van der Waals surface area contributed by atoms with E-state index in [2.05, 4.69) is 27.3 Å². The van der Waals surface area contributed by atoms with Gasteiger partial charge in [0.2, 0.25) is 11.5 Å². The molecule has 7 heteroatoms. The molecule has 1 aromatic carbocycles. The molecule has 0 bridgehead atoms. The third-order valence-corrected chi connectivity index (χ3v) is 3.84. The lowest BCUT2D eigenvalue weighted by atomic mass is 10.3. The highest BCUT2D eigenvalue weighted by Crippen LogP contribution is 2.25. The quantitative estimate of drug-likeness (QED) is 0.410. The fraction of sp³-hybridized carbons (Fsp3) is 0.235. The number of fused-ring (bicyclic) bond motifs is 1. The maximum Gasteiger partial charge on any atom is 0.372 e. The monoisotopic (exact) mass is 325 g/mol. The van der Waals surface area contributed by atoms with Gasteiger partial charge in [-0.1, -0.05) is 24.3 Å². The molecule has 0 spiro atoms. The van der Waals surface area contributed by atoms with Crippen molar-refractivity contribution in [3.8, 4) is 0 Å². The lowest BCUT2D eigenvalue weighted by molar-refractivity contribution is -0.389. The van der Waals surface area contributed by atoms with Gasteiger partial charge in [0, 0.05) is 31.9 Å². The number of nitrogens with zero attached hydrogens (tertiary/aromatic N) is 4. The van der Waals surface area contributed by atoms with E-state index >= 15 is 0 Å². The molecule has 24 heavy (non-hydrogen) atoms. The van der Waals surface area contributed by atoms with Gasteiger partial charge in [0.1, 0.15) is 0 Å². The van der Waals surface area contributed by atoms with E-state index in [0.29, 0.717) is 18.0 Å². The third-order valence-electron chi connectivity index (χ3n) is 3.84. The van der Waals surface area contributed by atoms with Gasteiger partial charge in [-0.3, -0.25) is 0 Å². The molecule has 1 N–H and O–H groups in total. The predicted octanol–water partition coefficient (Wildman–Crippen LogP) is 3.18. The van der Waals surface area contributed by atoms with Crippen LogP contribution in [0.4, 0.5) is 17.3 Å². The predicted molar refractivity (Wildman–Crippen MR) is 94.7 cm³/mol. The number of nitro groups is 1. The maximum absolute atomic E-state index is 11.3. The number of hydrogen-bond donors (Lipinski definition) is 1. The second-order valence-electron chi connectivity index (χ2n) is 5.51. The molecular formula is C17H19N5O2. The molecule has 3 aromatic rings. The van der Waals surface area contributed by atoms with Crippen LogP contribution in [0, 0.1) is 10.1 Å². The average molecular weight is 325 g/mol. The zero-order chi connectivity index (χ0) is 16.9. The zero-order valence-corrected chi connectivity index (χ0v) is 13.4. The molecule has 0 fully saturated rings. The molecule has 0 saturated heterocycles. The van der Waals surface area contributed by atoms with Crippen LogP contribution in [0.3, 0.4) is 0 Å². The highest BCUT2D eigenvalue weighted by molar-refractivity contribution is 5.62. The van der Waals surface area contributed by atoms with Gasteiger partial charge in [-0.25, -0.2) is 0 Å². The summed E-state index contributed by atoms with van der Waals surface area (Å²) >= 11 is 0. The van der Waals surface area contributed by atoms with Crippen molar-refractivity contribution in [2.45, 2.75) is 6.42 Å². The van der Waals surface area contributed by atoms with Crippen molar-refractivity contribution in [1.29, 1.82) is 0 Å². The third kappa shape index (κ3) is 3.29. The SMILES string of the molecule is CN(CCCNc1nc2ccccn2c1[N+](=O)[O-])c1ccccc1. The number of hydrogen-bond acceptors (Lipinski definition) is 5.